The molecule has 0 amide bonds. The molecule has 1 aromatic rings. The van der Waals surface area contributed by atoms with E-state index in [1.54, 1.807) is 18.2 Å². The van der Waals surface area contributed by atoms with E-state index in [0.29, 0.717) is 23.0 Å². The minimum absolute atomic E-state index is 0.333. The van der Waals surface area contributed by atoms with Crippen LogP contribution in [0.5, 0.6) is 0 Å². The Bertz CT molecular complexity index is 365. The summed E-state index contributed by atoms with van der Waals surface area (Å²) in [5.74, 6) is -1.01. The fourth-order valence-corrected chi connectivity index (χ4v) is 1.68. The second-order valence-corrected chi connectivity index (χ2v) is 4.19. The molecule has 88 valence electrons. The van der Waals surface area contributed by atoms with Crippen LogP contribution < -0.4 is 11.1 Å². The Morgan fingerprint density at radius 3 is 2.44 bits per heavy atom. The van der Waals surface area contributed by atoms with Crippen LogP contribution >= 0.6 is 23.2 Å². The maximum atomic E-state index is 10.5. The zero-order valence-electron chi connectivity index (χ0n) is 8.41. The van der Waals surface area contributed by atoms with Crippen LogP contribution in [0.4, 0.5) is 5.69 Å². The minimum atomic E-state index is -1.01. The van der Waals surface area contributed by atoms with Crippen molar-refractivity contribution in [2.75, 3.05) is 11.9 Å². The molecule has 0 spiro atoms. The lowest BCUT2D eigenvalue weighted by molar-refractivity contribution is -0.138. The van der Waals surface area contributed by atoms with Gasteiger partial charge in [0.25, 0.3) is 0 Å². The highest BCUT2D eigenvalue weighted by Crippen LogP contribution is 2.22. The first-order valence-corrected chi connectivity index (χ1v) is 5.43. The molecule has 0 bridgehead atoms. The lowest BCUT2D eigenvalue weighted by atomic mass is 10.2. The third-order valence-corrected chi connectivity index (χ3v) is 2.40. The normalized spacial score (nSPS) is 12.2. The van der Waals surface area contributed by atoms with Crippen molar-refractivity contribution in [2.24, 2.45) is 5.73 Å². The van der Waals surface area contributed by atoms with Gasteiger partial charge in [-0.2, -0.15) is 0 Å². The van der Waals surface area contributed by atoms with Crippen molar-refractivity contribution in [1.29, 1.82) is 0 Å². The molecule has 1 rings (SSSR count). The summed E-state index contributed by atoms with van der Waals surface area (Å²) < 4.78 is 0. The van der Waals surface area contributed by atoms with E-state index in [1.165, 1.54) is 0 Å². The quantitative estimate of drug-likeness (QED) is 0.761. The molecular formula is C10H12Cl2N2O2. The second-order valence-electron chi connectivity index (χ2n) is 3.32. The van der Waals surface area contributed by atoms with Crippen molar-refractivity contribution < 1.29 is 9.90 Å². The second kappa shape index (κ2) is 5.94. The van der Waals surface area contributed by atoms with Gasteiger partial charge in [0, 0.05) is 22.3 Å². The number of rotatable bonds is 5. The molecule has 16 heavy (non-hydrogen) atoms. The van der Waals surface area contributed by atoms with E-state index in [-0.39, 0.29) is 0 Å². The number of aliphatic carboxylic acids is 1. The summed E-state index contributed by atoms with van der Waals surface area (Å²) >= 11 is 11.6. The van der Waals surface area contributed by atoms with Gasteiger partial charge in [0.05, 0.1) is 0 Å². The number of carboxylic acids is 1. The summed E-state index contributed by atoms with van der Waals surface area (Å²) in [6.45, 7) is 0.449. The average molecular weight is 263 g/mol. The molecule has 1 unspecified atom stereocenters. The van der Waals surface area contributed by atoms with E-state index in [2.05, 4.69) is 5.32 Å². The van der Waals surface area contributed by atoms with Gasteiger partial charge < -0.3 is 16.2 Å². The molecule has 0 aliphatic carbocycles. The van der Waals surface area contributed by atoms with Crippen molar-refractivity contribution in [2.45, 2.75) is 12.5 Å². The van der Waals surface area contributed by atoms with Crippen molar-refractivity contribution in [3.8, 4) is 0 Å². The largest absolute Gasteiger partial charge is 0.480 e. The van der Waals surface area contributed by atoms with Gasteiger partial charge in [-0.3, -0.25) is 4.79 Å². The lowest BCUT2D eigenvalue weighted by Crippen LogP contribution is -2.32. The van der Waals surface area contributed by atoms with E-state index in [9.17, 15) is 4.79 Å². The Hall–Kier alpha value is -0.970. The number of benzene rings is 1. The molecule has 1 aromatic carbocycles. The molecule has 0 aliphatic rings. The Labute approximate surface area is 103 Å². The number of anilines is 1. The van der Waals surface area contributed by atoms with E-state index in [1.807, 2.05) is 0 Å². The Morgan fingerprint density at radius 1 is 1.38 bits per heavy atom. The summed E-state index contributed by atoms with van der Waals surface area (Å²) in [6.07, 6.45) is 0.333. The number of hydrogen-bond donors (Lipinski definition) is 3. The van der Waals surface area contributed by atoms with Gasteiger partial charge in [0.2, 0.25) is 0 Å². The predicted octanol–water partition coefficient (Wildman–Crippen LogP) is 2.21. The van der Waals surface area contributed by atoms with E-state index < -0.39 is 12.0 Å². The Balaban J connectivity index is 2.46. The first-order chi connectivity index (χ1) is 7.49. The molecule has 0 heterocycles. The van der Waals surface area contributed by atoms with Crippen molar-refractivity contribution in [3.05, 3.63) is 28.2 Å². The molecule has 0 radical (unpaired) electrons. The van der Waals surface area contributed by atoms with Crippen molar-refractivity contribution >= 4 is 34.9 Å². The number of carboxylic acid groups (broad SMARTS) is 1. The molecule has 6 heteroatoms. The summed E-state index contributed by atoms with van der Waals surface area (Å²) in [4.78, 5) is 10.5. The molecule has 0 saturated heterocycles. The maximum absolute atomic E-state index is 10.5. The van der Waals surface area contributed by atoms with E-state index >= 15 is 0 Å². The number of carbonyl (C=O) groups is 1. The SMILES string of the molecule is NC(CCNc1cc(Cl)cc(Cl)c1)C(=O)O. The molecule has 0 aromatic heterocycles. The molecule has 4 nitrogen and oxygen atoms in total. The maximum Gasteiger partial charge on any atom is 0.320 e. The van der Waals surface area contributed by atoms with Gasteiger partial charge in [-0.05, 0) is 24.6 Å². The fourth-order valence-electron chi connectivity index (χ4n) is 1.15. The van der Waals surface area contributed by atoms with Gasteiger partial charge >= 0.3 is 5.97 Å². The summed E-state index contributed by atoms with van der Waals surface area (Å²) in [7, 11) is 0. The van der Waals surface area contributed by atoms with Crippen LogP contribution in [0.15, 0.2) is 18.2 Å². The highest BCUT2D eigenvalue weighted by Gasteiger charge is 2.10. The van der Waals surface area contributed by atoms with Gasteiger partial charge in [-0.1, -0.05) is 23.2 Å². The van der Waals surface area contributed by atoms with Crippen molar-refractivity contribution in [3.63, 3.8) is 0 Å². The van der Waals surface area contributed by atoms with Crippen molar-refractivity contribution in [1.82, 2.24) is 0 Å². The summed E-state index contributed by atoms with van der Waals surface area (Å²) in [5, 5.41) is 12.6. The van der Waals surface area contributed by atoms with E-state index in [4.69, 9.17) is 34.0 Å². The van der Waals surface area contributed by atoms with Crippen LogP contribution in [0.3, 0.4) is 0 Å². The molecule has 1 atom stereocenters. The Morgan fingerprint density at radius 2 is 1.94 bits per heavy atom. The number of hydrogen-bond acceptors (Lipinski definition) is 3. The molecule has 0 fully saturated rings. The van der Waals surface area contributed by atoms with Gasteiger partial charge in [0.15, 0.2) is 0 Å². The minimum Gasteiger partial charge on any atom is -0.480 e. The molecule has 0 aliphatic heterocycles. The summed E-state index contributed by atoms with van der Waals surface area (Å²) in [6, 6.07) is 4.18. The van der Waals surface area contributed by atoms with Gasteiger partial charge in [-0.25, -0.2) is 0 Å². The molecule has 0 saturated carbocycles. The number of nitrogens with two attached hydrogens (primary N) is 1. The zero-order chi connectivity index (χ0) is 12.1. The van der Waals surface area contributed by atoms with Crippen LogP contribution in [-0.4, -0.2) is 23.7 Å². The van der Waals surface area contributed by atoms with E-state index in [0.717, 1.165) is 5.69 Å². The fraction of sp³-hybridized carbons (Fsp3) is 0.300. The number of nitrogens with one attached hydrogen (secondary N) is 1. The standard InChI is InChI=1S/C10H12Cl2N2O2/c11-6-3-7(12)5-8(4-6)14-2-1-9(13)10(15)16/h3-5,9,14H,1-2,13H2,(H,15,16). The van der Waals surface area contributed by atoms with Crippen LogP contribution in [0.1, 0.15) is 6.42 Å². The third kappa shape index (κ3) is 4.26. The first-order valence-electron chi connectivity index (χ1n) is 4.67. The zero-order valence-corrected chi connectivity index (χ0v) is 9.92. The summed E-state index contributed by atoms with van der Waals surface area (Å²) in [5.41, 5.74) is 6.09. The van der Waals surface area contributed by atoms with Gasteiger partial charge in [-0.15, -0.1) is 0 Å². The smallest absolute Gasteiger partial charge is 0.320 e. The predicted molar refractivity (Wildman–Crippen MR) is 65.2 cm³/mol. The highest BCUT2D eigenvalue weighted by molar-refractivity contribution is 6.35. The van der Waals surface area contributed by atoms with Crippen LogP contribution in [-0.2, 0) is 4.79 Å². The monoisotopic (exact) mass is 262 g/mol. The lowest BCUT2D eigenvalue weighted by Gasteiger charge is -2.09. The highest BCUT2D eigenvalue weighted by atomic mass is 35.5. The van der Waals surface area contributed by atoms with Crippen LogP contribution in [0, 0.1) is 0 Å². The molecule has 4 N–H and O–H groups in total. The topological polar surface area (TPSA) is 75.3 Å². The molecular weight excluding hydrogens is 251 g/mol. The van der Waals surface area contributed by atoms with Crippen LogP contribution in [0.25, 0.3) is 0 Å². The third-order valence-electron chi connectivity index (χ3n) is 1.96. The Kier molecular flexibility index (Phi) is 4.86. The first kappa shape index (κ1) is 13.1. The van der Waals surface area contributed by atoms with Gasteiger partial charge in [0.1, 0.15) is 6.04 Å². The number of halogens is 2. The average Bonchev–Trinajstić information content (AvgIpc) is 2.15. The van der Waals surface area contributed by atoms with Crippen LogP contribution in [0.2, 0.25) is 10.0 Å².